The van der Waals surface area contributed by atoms with E-state index in [9.17, 15) is 8.42 Å². The molecule has 0 spiro atoms. The van der Waals surface area contributed by atoms with Crippen LogP contribution in [-0.2, 0) is 23.0 Å². The molecule has 0 aliphatic rings. The Hall–Kier alpha value is -0.520. The van der Waals surface area contributed by atoms with Crippen LogP contribution in [-0.4, -0.2) is 30.9 Å². The standard InChI is InChI=1S/C12H21ClN2O2S/c1-10(2)5-6-15(4)18(16,17)12-7-11(8-13)14(3)9-12/h7,9-10H,5-6,8H2,1-4H3. The van der Waals surface area contributed by atoms with Gasteiger partial charge in [-0.2, -0.15) is 0 Å². The first-order valence-corrected chi connectivity index (χ1v) is 7.94. The molecule has 1 aromatic heterocycles. The van der Waals surface area contributed by atoms with E-state index in [1.807, 2.05) is 0 Å². The van der Waals surface area contributed by atoms with E-state index in [1.54, 1.807) is 30.9 Å². The first-order chi connectivity index (χ1) is 8.28. The lowest BCUT2D eigenvalue weighted by atomic mass is 10.1. The lowest BCUT2D eigenvalue weighted by Crippen LogP contribution is -2.28. The number of alkyl halides is 1. The lowest BCUT2D eigenvalue weighted by Gasteiger charge is -2.17. The van der Waals surface area contributed by atoms with Crippen LogP contribution in [0.15, 0.2) is 17.2 Å². The zero-order valence-electron chi connectivity index (χ0n) is 11.4. The summed E-state index contributed by atoms with van der Waals surface area (Å²) in [7, 11) is 0.0201. The highest BCUT2D eigenvalue weighted by Crippen LogP contribution is 2.19. The summed E-state index contributed by atoms with van der Waals surface area (Å²) in [5.41, 5.74) is 0.799. The van der Waals surface area contributed by atoms with Gasteiger partial charge in [-0.05, 0) is 18.4 Å². The van der Waals surface area contributed by atoms with Gasteiger partial charge in [-0.3, -0.25) is 0 Å². The van der Waals surface area contributed by atoms with Crippen LogP contribution in [0, 0.1) is 5.92 Å². The summed E-state index contributed by atoms with van der Waals surface area (Å²) in [6, 6.07) is 1.63. The Morgan fingerprint density at radius 1 is 1.44 bits per heavy atom. The minimum atomic E-state index is -3.39. The zero-order chi connectivity index (χ0) is 13.9. The van der Waals surface area contributed by atoms with Gasteiger partial charge >= 0.3 is 0 Å². The van der Waals surface area contributed by atoms with Gasteiger partial charge < -0.3 is 4.57 Å². The van der Waals surface area contributed by atoms with Crippen LogP contribution in [0.2, 0.25) is 0 Å². The molecule has 0 fully saturated rings. The number of sulfonamides is 1. The summed E-state index contributed by atoms with van der Waals surface area (Å²) in [5.74, 6) is 0.790. The summed E-state index contributed by atoms with van der Waals surface area (Å²) >= 11 is 5.75. The first-order valence-electron chi connectivity index (χ1n) is 5.96. The van der Waals surface area contributed by atoms with E-state index in [0.29, 0.717) is 23.2 Å². The third kappa shape index (κ3) is 3.49. The van der Waals surface area contributed by atoms with Crippen LogP contribution in [0.25, 0.3) is 0 Å². The van der Waals surface area contributed by atoms with Crippen LogP contribution in [0.5, 0.6) is 0 Å². The number of aromatic nitrogens is 1. The number of halogens is 1. The molecule has 0 amide bonds. The molecule has 6 heteroatoms. The Morgan fingerprint density at radius 2 is 2.06 bits per heavy atom. The lowest BCUT2D eigenvalue weighted by molar-refractivity contribution is 0.428. The van der Waals surface area contributed by atoms with Crippen molar-refractivity contribution in [3.05, 3.63) is 18.0 Å². The second-order valence-electron chi connectivity index (χ2n) is 4.92. The van der Waals surface area contributed by atoms with E-state index >= 15 is 0 Å². The van der Waals surface area contributed by atoms with Gasteiger partial charge in [-0.1, -0.05) is 13.8 Å². The van der Waals surface area contributed by atoms with Gasteiger partial charge in [0.15, 0.2) is 0 Å². The van der Waals surface area contributed by atoms with Crippen LogP contribution >= 0.6 is 11.6 Å². The second-order valence-corrected chi connectivity index (χ2v) is 7.23. The van der Waals surface area contributed by atoms with Crippen molar-refractivity contribution in [3.63, 3.8) is 0 Å². The summed E-state index contributed by atoms with van der Waals surface area (Å²) in [6.07, 6.45) is 2.46. The highest BCUT2D eigenvalue weighted by molar-refractivity contribution is 7.89. The van der Waals surface area contributed by atoms with Gasteiger partial charge in [0.25, 0.3) is 0 Å². The van der Waals surface area contributed by atoms with Gasteiger partial charge in [-0.15, -0.1) is 11.6 Å². The summed E-state index contributed by atoms with van der Waals surface area (Å²) in [6.45, 7) is 4.69. The molecule has 104 valence electrons. The fourth-order valence-electron chi connectivity index (χ4n) is 1.59. The molecule has 0 saturated carbocycles. The normalized spacial score (nSPS) is 12.6. The van der Waals surface area contributed by atoms with Crippen molar-refractivity contribution in [1.82, 2.24) is 8.87 Å². The Labute approximate surface area is 115 Å². The molecule has 0 saturated heterocycles. The van der Waals surface area contributed by atoms with Crippen molar-refractivity contribution in [2.75, 3.05) is 13.6 Å². The molecule has 1 aromatic rings. The van der Waals surface area contributed by atoms with Crippen molar-refractivity contribution in [2.45, 2.75) is 31.0 Å². The van der Waals surface area contributed by atoms with Crippen molar-refractivity contribution in [1.29, 1.82) is 0 Å². The molecule has 4 nitrogen and oxygen atoms in total. The molecular formula is C12H21ClN2O2S. The Bertz CT molecular complexity index is 494. The number of nitrogens with zero attached hydrogens (tertiary/aromatic N) is 2. The third-order valence-corrected chi connectivity index (χ3v) is 5.05. The topological polar surface area (TPSA) is 42.3 Å². The predicted molar refractivity (Wildman–Crippen MR) is 74.2 cm³/mol. The van der Waals surface area contributed by atoms with E-state index in [-0.39, 0.29) is 0 Å². The Kier molecular flexibility index (Phi) is 5.25. The monoisotopic (exact) mass is 292 g/mol. The van der Waals surface area contributed by atoms with Crippen LogP contribution < -0.4 is 0 Å². The molecule has 0 unspecified atom stereocenters. The molecule has 0 radical (unpaired) electrons. The molecule has 0 atom stereocenters. The summed E-state index contributed by atoms with van der Waals surface area (Å²) in [4.78, 5) is 0.312. The predicted octanol–water partition coefficient (Wildman–Crippen LogP) is 2.43. The van der Waals surface area contributed by atoms with Gasteiger partial charge in [-0.25, -0.2) is 12.7 Å². The smallest absolute Gasteiger partial charge is 0.244 e. The third-order valence-electron chi connectivity index (χ3n) is 2.95. The highest BCUT2D eigenvalue weighted by Gasteiger charge is 2.22. The molecule has 0 aromatic carbocycles. The van der Waals surface area contributed by atoms with Gasteiger partial charge in [0.2, 0.25) is 10.0 Å². The van der Waals surface area contributed by atoms with E-state index in [1.165, 1.54) is 4.31 Å². The van der Waals surface area contributed by atoms with Crippen LogP contribution in [0.3, 0.4) is 0 Å². The minimum absolute atomic E-state index is 0.307. The van der Waals surface area contributed by atoms with Gasteiger partial charge in [0.1, 0.15) is 4.90 Å². The molecule has 0 aliphatic carbocycles. The number of aryl methyl sites for hydroxylation is 1. The van der Waals surface area contributed by atoms with E-state index in [0.717, 1.165) is 12.1 Å². The maximum absolute atomic E-state index is 12.3. The highest BCUT2D eigenvalue weighted by atomic mass is 35.5. The molecule has 1 rings (SSSR count). The van der Waals surface area contributed by atoms with E-state index < -0.39 is 10.0 Å². The van der Waals surface area contributed by atoms with Gasteiger partial charge in [0, 0.05) is 32.5 Å². The molecule has 18 heavy (non-hydrogen) atoms. The summed E-state index contributed by atoms with van der Waals surface area (Å²) < 4.78 is 27.7. The number of rotatable bonds is 6. The van der Waals surface area contributed by atoms with Crippen molar-refractivity contribution < 1.29 is 8.42 Å². The fourth-order valence-corrected chi connectivity index (χ4v) is 3.14. The molecule has 0 bridgehead atoms. The molecule has 1 heterocycles. The fraction of sp³-hybridized carbons (Fsp3) is 0.667. The minimum Gasteiger partial charge on any atom is -0.352 e. The van der Waals surface area contributed by atoms with Crippen molar-refractivity contribution >= 4 is 21.6 Å². The quantitative estimate of drug-likeness (QED) is 0.756. The van der Waals surface area contributed by atoms with Gasteiger partial charge in [0.05, 0.1) is 5.88 Å². The molecular weight excluding hydrogens is 272 g/mol. The van der Waals surface area contributed by atoms with Crippen molar-refractivity contribution in [3.8, 4) is 0 Å². The number of hydrogen-bond acceptors (Lipinski definition) is 2. The first kappa shape index (κ1) is 15.5. The second kappa shape index (κ2) is 6.08. The summed E-state index contributed by atoms with van der Waals surface area (Å²) in [5, 5.41) is 0. The Balaban J connectivity index is 2.91. The number of hydrogen-bond donors (Lipinski definition) is 0. The molecule has 0 aliphatic heterocycles. The maximum Gasteiger partial charge on any atom is 0.244 e. The average Bonchev–Trinajstić information content (AvgIpc) is 2.67. The average molecular weight is 293 g/mol. The zero-order valence-corrected chi connectivity index (χ0v) is 12.9. The van der Waals surface area contributed by atoms with E-state index in [4.69, 9.17) is 11.6 Å². The SMILES string of the molecule is CC(C)CCN(C)S(=O)(=O)c1cc(CCl)n(C)c1. The maximum atomic E-state index is 12.3. The van der Waals surface area contributed by atoms with E-state index in [2.05, 4.69) is 13.8 Å². The molecule has 0 N–H and O–H groups in total. The largest absolute Gasteiger partial charge is 0.352 e. The Morgan fingerprint density at radius 3 is 2.50 bits per heavy atom. The van der Waals surface area contributed by atoms with Crippen molar-refractivity contribution in [2.24, 2.45) is 13.0 Å². The van der Waals surface area contributed by atoms with Crippen LogP contribution in [0.4, 0.5) is 0 Å². The van der Waals surface area contributed by atoms with Crippen LogP contribution in [0.1, 0.15) is 26.0 Å².